The van der Waals surface area contributed by atoms with Crippen LogP contribution in [0.3, 0.4) is 0 Å². The van der Waals surface area contributed by atoms with Crippen molar-refractivity contribution in [2.75, 3.05) is 37.7 Å². The van der Waals surface area contributed by atoms with E-state index in [1.807, 2.05) is 43.6 Å². The van der Waals surface area contributed by atoms with Gasteiger partial charge in [0.1, 0.15) is 5.03 Å². The maximum absolute atomic E-state index is 12.0. The van der Waals surface area contributed by atoms with E-state index in [2.05, 4.69) is 4.37 Å². The molecule has 2 amide bonds. The predicted octanol–water partition coefficient (Wildman–Crippen LogP) is 3.06. The molecule has 1 rings (SSSR count). The molecule has 0 aliphatic heterocycles. The third kappa shape index (κ3) is 6.73. The van der Waals surface area contributed by atoms with Gasteiger partial charge in [-0.25, -0.2) is 0 Å². The molecule has 23 heavy (non-hydrogen) atoms. The molecule has 130 valence electrons. The average molecular weight is 376 g/mol. The lowest BCUT2D eigenvalue weighted by atomic mass is 10.5. The monoisotopic (exact) mass is 375 g/mol. The third-order valence-corrected chi connectivity index (χ3v) is 6.35. The Morgan fingerprint density at radius 1 is 0.957 bits per heavy atom. The highest BCUT2D eigenvalue weighted by Gasteiger charge is 2.13. The number of carbonyl (C=O) groups is 2. The van der Waals surface area contributed by atoms with Crippen LogP contribution in [0.15, 0.2) is 15.3 Å². The summed E-state index contributed by atoms with van der Waals surface area (Å²) in [6.45, 7) is 10.9. The van der Waals surface area contributed by atoms with E-state index in [-0.39, 0.29) is 11.8 Å². The first-order valence-corrected chi connectivity index (χ1v) is 10.6. The van der Waals surface area contributed by atoms with E-state index in [0.29, 0.717) is 11.5 Å². The Labute approximate surface area is 151 Å². The second kappa shape index (κ2) is 10.9. The lowest BCUT2D eigenvalue weighted by Gasteiger charge is -2.17. The van der Waals surface area contributed by atoms with Crippen molar-refractivity contribution in [3.63, 3.8) is 0 Å². The van der Waals surface area contributed by atoms with Crippen molar-refractivity contribution in [1.29, 1.82) is 0 Å². The van der Waals surface area contributed by atoms with Crippen molar-refractivity contribution in [3.05, 3.63) is 6.07 Å². The zero-order valence-electron chi connectivity index (χ0n) is 14.2. The Morgan fingerprint density at radius 2 is 1.43 bits per heavy atom. The first-order chi connectivity index (χ1) is 11.0. The molecule has 0 saturated carbocycles. The normalized spacial score (nSPS) is 10.6. The van der Waals surface area contributed by atoms with Crippen LogP contribution in [0.25, 0.3) is 0 Å². The minimum Gasteiger partial charge on any atom is -0.343 e. The van der Waals surface area contributed by atoms with Gasteiger partial charge in [0.05, 0.1) is 15.7 Å². The van der Waals surface area contributed by atoms with E-state index in [1.165, 1.54) is 35.1 Å². The number of hydrogen-bond acceptors (Lipinski definition) is 6. The summed E-state index contributed by atoms with van der Waals surface area (Å²) in [5.74, 6) is 1.14. The molecular formula is C15H25N3O2S3. The summed E-state index contributed by atoms with van der Waals surface area (Å²) in [6.07, 6.45) is 0. The van der Waals surface area contributed by atoms with Crippen LogP contribution in [-0.2, 0) is 9.59 Å². The molecule has 0 fully saturated rings. The summed E-state index contributed by atoms with van der Waals surface area (Å²) in [5.41, 5.74) is 0. The quantitative estimate of drug-likeness (QED) is 0.588. The largest absolute Gasteiger partial charge is 0.343 e. The van der Waals surface area contributed by atoms with Crippen LogP contribution in [0.4, 0.5) is 0 Å². The summed E-state index contributed by atoms with van der Waals surface area (Å²) >= 11 is 4.36. The highest BCUT2D eigenvalue weighted by atomic mass is 32.2. The fourth-order valence-corrected chi connectivity index (χ4v) is 4.65. The molecule has 0 atom stereocenters. The Morgan fingerprint density at radius 3 is 1.91 bits per heavy atom. The molecular weight excluding hydrogens is 350 g/mol. The Balaban J connectivity index is 2.43. The average Bonchev–Trinajstić information content (AvgIpc) is 3.01. The molecule has 0 unspecified atom stereocenters. The molecule has 5 nitrogen and oxygen atoms in total. The van der Waals surface area contributed by atoms with Gasteiger partial charge in [0.15, 0.2) is 0 Å². The number of thioether (sulfide) groups is 2. The van der Waals surface area contributed by atoms with Gasteiger partial charge in [0.25, 0.3) is 0 Å². The van der Waals surface area contributed by atoms with E-state index in [4.69, 9.17) is 0 Å². The first-order valence-electron chi connectivity index (χ1n) is 7.83. The summed E-state index contributed by atoms with van der Waals surface area (Å²) in [5, 5.41) is 0.855. The van der Waals surface area contributed by atoms with E-state index in [1.54, 1.807) is 0 Å². The predicted molar refractivity (Wildman–Crippen MR) is 99.4 cm³/mol. The topological polar surface area (TPSA) is 53.5 Å². The minimum atomic E-state index is 0.138. The van der Waals surface area contributed by atoms with Crippen LogP contribution in [-0.4, -0.2) is 63.7 Å². The molecule has 1 aromatic heterocycles. The molecule has 0 saturated heterocycles. The van der Waals surface area contributed by atoms with Gasteiger partial charge in [-0.2, -0.15) is 4.37 Å². The van der Waals surface area contributed by atoms with E-state index < -0.39 is 0 Å². The number of amides is 2. The zero-order valence-corrected chi connectivity index (χ0v) is 16.7. The number of nitrogens with zero attached hydrogens (tertiary/aromatic N) is 3. The first kappa shape index (κ1) is 20.3. The molecule has 0 aliphatic rings. The van der Waals surface area contributed by atoms with Gasteiger partial charge in [0, 0.05) is 26.2 Å². The number of hydrogen-bond donors (Lipinski definition) is 0. The van der Waals surface area contributed by atoms with Crippen molar-refractivity contribution in [2.45, 2.75) is 36.9 Å². The molecule has 0 radical (unpaired) electrons. The zero-order chi connectivity index (χ0) is 17.2. The van der Waals surface area contributed by atoms with Crippen molar-refractivity contribution in [1.82, 2.24) is 14.2 Å². The lowest BCUT2D eigenvalue weighted by Crippen LogP contribution is -2.31. The second-order valence-corrected chi connectivity index (χ2v) is 7.77. The van der Waals surface area contributed by atoms with E-state index in [9.17, 15) is 9.59 Å². The Bertz CT molecular complexity index is 457. The SMILES string of the molecule is CCN(CC)C(=O)CSc1cc(SCC(=O)N(CC)CC)sn1. The summed E-state index contributed by atoms with van der Waals surface area (Å²) in [6, 6.07) is 1.96. The molecule has 0 aliphatic carbocycles. The van der Waals surface area contributed by atoms with E-state index in [0.717, 1.165) is 35.4 Å². The van der Waals surface area contributed by atoms with Gasteiger partial charge in [-0.1, -0.05) is 11.8 Å². The summed E-state index contributed by atoms with van der Waals surface area (Å²) in [4.78, 5) is 27.6. The molecule has 0 N–H and O–H groups in total. The Hall–Kier alpha value is -0.730. The summed E-state index contributed by atoms with van der Waals surface area (Å²) < 4.78 is 5.37. The molecule has 1 heterocycles. The summed E-state index contributed by atoms with van der Waals surface area (Å²) in [7, 11) is 0. The third-order valence-electron chi connectivity index (χ3n) is 3.38. The molecule has 0 bridgehead atoms. The molecule has 0 spiro atoms. The standard InChI is InChI=1S/C15H25N3O2S3/c1-5-17(6-2)13(19)10-21-12-9-15(23-16-12)22-11-14(20)18(7-3)8-4/h9H,5-8,10-11H2,1-4H3. The van der Waals surface area contributed by atoms with Crippen molar-refractivity contribution >= 4 is 46.9 Å². The second-order valence-electron chi connectivity index (χ2n) is 4.69. The van der Waals surface area contributed by atoms with Crippen molar-refractivity contribution in [3.8, 4) is 0 Å². The Kier molecular flexibility index (Phi) is 9.66. The number of carbonyl (C=O) groups excluding carboxylic acids is 2. The van der Waals surface area contributed by atoms with Crippen molar-refractivity contribution in [2.24, 2.45) is 0 Å². The smallest absolute Gasteiger partial charge is 0.232 e. The highest BCUT2D eigenvalue weighted by molar-refractivity contribution is 8.02. The van der Waals surface area contributed by atoms with Gasteiger partial charge in [-0.3, -0.25) is 9.59 Å². The van der Waals surface area contributed by atoms with Crippen LogP contribution in [0.1, 0.15) is 27.7 Å². The molecule has 1 aromatic rings. The van der Waals surface area contributed by atoms with Gasteiger partial charge >= 0.3 is 0 Å². The van der Waals surface area contributed by atoms with Crippen LogP contribution >= 0.6 is 35.1 Å². The van der Waals surface area contributed by atoms with Crippen LogP contribution < -0.4 is 0 Å². The van der Waals surface area contributed by atoms with Gasteiger partial charge in [0.2, 0.25) is 11.8 Å². The molecule has 8 heteroatoms. The molecule has 0 aromatic carbocycles. The fourth-order valence-electron chi connectivity index (χ4n) is 1.98. The van der Waals surface area contributed by atoms with E-state index >= 15 is 0 Å². The maximum atomic E-state index is 12.0. The van der Waals surface area contributed by atoms with Crippen LogP contribution in [0.2, 0.25) is 0 Å². The van der Waals surface area contributed by atoms with Gasteiger partial charge < -0.3 is 9.80 Å². The number of rotatable bonds is 10. The van der Waals surface area contributed by atoms with Crippen LogP contribution in [0.5, 0.6) is 0 Å². The van der Waals surface area contributed by atoms with Crippen LogP contribution in [0, 0.1) is 0 Å². The minimum absolute atomic E-state index is 0.138. The lowest BCUT2D eigenvalue weighted by molar-refractivity contribution is -0.128. The maximum Gasteiger partial charge on any atom is 0.232 e. The van der Waals surface area contributed by atoms with Gasteiger partial charge in [-0.15, -0.1) is 11.8 Å². The fraction of sp³-hybridized carbons (Fsp3) is 0.667. The number of aromatic nitrogens is 1. The van der Waals surface area contributed by atoms with Gasteiger partial charge in [-0.05, 0) is 45.3 Å². The highest BCUT2D eigenvalue weighted by Crippen LogP contribution is 2.28. The van der Waals surface area contributed by atoms with Crippen molar-refractivity contribution < 1.29 is 9.59 Å².